The van der Waals surface area contributed by atoms with E-state index in [1.54, 1.807) is 28.4 Å². The summed E-state index contributed by atoms with van der Waals surface area (Å²) in [4.78, 5) is 9.85. The SMILES string of the molecule is CCCc1nn(C)c2c(NCCc3ccc(OC)cc3)nc(-c3cc(OC)c(OC)c(OC)c3)nc12. The summed E-state index contributed by atoms with van der Waals surface area (Å²) in [6, 6.07) is 11.8. The van der Waals surface area contributed by atoms with E-state index in [2.05, 4.69) is 24.4 Å². The Balaban J connectivity index is 1.75. The normalized spacial score (nSPS) is 10.9. The zero-order valence-corrected chi connectivity index (χ0v) is 21.7. The highest BCUT2D eigenvalue weighted by Gasteiger charge is 2.20. The molecule has 4 rings (SSSR count). The maximum Gasteiger partial charge on any atom is 0.203 e. The molecule has 2 heterocycles. The van der Waals surface area contributed by atoms with Gasteiger partial charge in [-0.3, -0.25) is 4.68 Å². The average Bonchev–Trinajstić information content (AvgIpc) is 3.23. The van der Waals surface area contributed by atoms with Crippen LogP contribution in [0.5, 0.6) is 23.0 Å². The highest BCUT2D eigenvalue weighted by molar-refractivity contribution is 5.89. The van der Waals surface area contributed by atoms with Crippen LogP contribution < -0.4 is 24.3 Å². The molecule has 0 saturated carbocycles. The largest absolute Gasteiger partial charge is 0.497 e. The Morgan fingerprint density at radius 3 is 2.14 bits per heavy atom. The fraction of sp³-hybridized carbons (Fsp3) is 0.370. The van der Waals surface area contributed by atoms with E-state index in [4.69, 9.17) is 34.0 Å². The molecule has 0 aliphatic heterocycles. The van der Waals surface area contributed by atoms with Crippen molar-refractivity contribution in [3.63, 3.8) is 0 Å². The first-order valence-corrected chi connectivity index (χ1v) is 11.9. The molecule has 2 aromatic carbocycles. The van der Waals surface area contributed by atoms with Gasteiger partial charge in [-0.25, -0.2) is 9.97 Å². The van der Waals surface area contributed by atoms with Crippen molar-refractivity contribution < 1.29 is 18.9 Å². The molecule has 0 radical (unpaired) electrons. The first-order chi connectivity index (χ1) is 17.5. The van der Waals surface area contributed by atoms with E-state index >= 15 is 0 Å². The predicted octanol–water partition coefficient (Wildman–Crippen LogP) is 4.67. The molecule has 36 heavy (non-hydrogen) atoms. The number of aromatic nitrogens is 4. The molecule has 0 bridgehead atoms. The zero-order valence-electron chi connectivity index (χ0n) is 21.7. The molecular weight excluding hydrogens is 458 g/mol. The van der Waals surface area contributed by atoms with Crippen LogP contribution in [0.1, 0.15) is 24.6 Å². The standard InChI is InChI=1S/C27H33N5O4/c1-7-8-20-23-24(32(2)31-20)27(28-14-13-17-9-11-19(33-3)12-10-17)30-26(29-23)18-15-21(34-4)25(36-6)22(16-18)35-5/h9-12,15-16H,7-8,13-14H2,1-6H3,(H,28,29,30). The van der Waals surface area contributed by atoms with E-state index in [1.807, 2.05) is 36.0 Å². The van der Waals surface area contributed by atoms with Crippen LogP contribution in [0.2, 0.25) is 0 Å². The molecule has 0 fully saturated rings. The number of hydrogen-bond donors (Lipinski definition) is 1. The number of benzene rings is 2. The van der Waals surface area contributed by atoms with Gasteiger partial charge in [0.05, 0.1) is 34.1 Å². The van der Waals surface area contributed by atoms with Crippen molar-refractivity contribution in [3.8, 4) is 34.4 Å². The second kappa shape index (κ2) is 11.2. The number of fused-ring (bicyclic) bond motifs is 1. The van der Waals surface area contributed by atoms with Gasteiger partial charge in [0.15, 0.2) is 23.1 Å². The monoisotopic (exact) mass is 491 g/mol. The van der Waals surface area contributed by atoms with E-state index in [9.17, 15) is 0 Å². The first-order valence-electron chi connectivity index (χ1n) is 11.9. The highest BCUT2D eigenvalue weighted by Crippen LogP contribution is 2.41. The fourth-order valence-electron chi connectivity index (χ4n) is 4.23. The molecule has 0 aliphatic rings. The number of anilines is 1. The Hall–Kier alpha value is -4.01. The maximum absolute atomic E-state index is 5.55. The number of nitrogens with zero attached hydrogens (tertiary/aromatic N) is 4. The Morgan fingerprint density at radius 2 is 1.56 bits per heavy atom. The lowest BCUT2D eigenvalue weighted by atomic mass is 10.1. The third-order valence-electron chi connectivity index (χ3n) is 6.03. The summed E-state index contributed by atoms with van der Waals surface area (Å²) in [5, 5.41) is 8.27. The lowest BCUT2D eigenvalue weighted by Gasteiger charge is -2.15. The fourth-order valence-corrected chi connectivity index (χ4v) is 4.23. The van der Waals surface area contributed by atoms with Crippen LogP contribution in [-0.4, -0.2) is 54.7 Å². The maximum atomic E-state index is 5.55. The van der Waals surface area contributed by atoms with Gasteiger partial charge >= 0.3 is 0 Å². The van der Waals surface area contributed by atoms with Gasteiger partial charge in [0.1, 0.15) is 16.8 Å². The van der Waals surface area contributed by atoms with Crippen LogP contribution in [-0.2, 0) is 19.9 Å². The molecule has 9 nitrogen and oxygen atoms in total. The number of ether oxygens (including phenoxy) is 4. The summed E-state index contributed by atoms with van der Waals surface area (Å²) in [7, 11) is 8.37. The summed E-state index contributed by atoms with van der Waals surface area (Å²) in [5.41, 5.74) is 4.63. The summed E-state index contributed by atoms with van der Waals surface area (Å²) in [6.07, 6.45) is 2.62. The Bertz CT molecular complexity index is 1310. The number of methoxy groups -OCH3 is 4. The van der Waals surface area contributed by atoms with Crippen LogP contribution in [0.25, 0.3) is 22.4 Å². The predicted molar refractivity (Wildman–Crippen MR) is 141 cm³/mol. The van der Waals surface area contributed by atoms with Gasteiger partial charge < -0.3 is 24.3 Å². The quantitative estimate of drug-likeness (QED) is 0.324. The molecule has 190 valence electrons. The number of nitrogens with one attached hydrogen (secondary N) is 1. The van der Waals surface area contributed by atoms with Crippen molar-refractivity contribution in [2.75, 3.05) is 40.3 Å². The van der Waals surface area contributed by atoms with Gasteiger partial charge in [-0.05, 0) is 42.7 Å². The van der Waals surface area contributed by atoms with Gasteiger partial charge in [-0.2, -0.15) is 5.10 Å². The summed E-state index contributed by atoms with van der Waals surface area (Å²) >= 11 is 0. The van der Waals surface area contributed by atoms with Crippen molar-refractivity contribution in [1.82, 2.24) is 19.7 Å². The highest BCUT2D eigenvalue weighted by atomic mass is 16.5. The molecular formula is C27H33N5O4. The van der Waals surface area contributed by atoms with E-state index in [1.165, 1.54) is 5.56 Å². The van der Waals surface area contributed by atoms with Crippen molar-refractivity contribution in [2.24, 2.45) is 7.05 Å². The molecule has 0 spiro atoms. The Labute approximate surface area is 211 Å². The summed E-state index contributed by atoms with van der Waals surface area (Å²) in [6.45, 7) is 2.83. The van der Waals surface area contributed by atoms with E-state index in [0.717, 1.165) is 53.1 Å². The Kier molecular flexibility index (Phi) is 7.77. The van der Waals surface area contributed by atoms with E-state index < -0.39 is 0 Å². The smallest absolute Gasteiger partial charge is 0.203 e. The minimum atomic E-state index is 0.524. The van der Waals surface area contributed by atoms with E-state index in [0.29, 0.717) is 29.6 Å². The Morgan fingerprint density at radius 1 is 0.861 bits per heavy atom. The van der Waals surface area contributed by atoms with Crippen molar-refractivity contribution in [1.29, 1.82) is 0 Å². The second-order valence-corrected chi connectivity index (χ2v) is 8.35. The van der Waals surface area contributed by atoms with Crippen LogP contribution >= 0.6 is 0 Å². The van der Waals surface area contributed by atoms with Crippen molar-refractivity contribution >= 4 is 16.9 Å². The van der Waals surface area contributed by atoms with Crippen LogP contribution in [0.15, 0.2) is 36.4 Å². The van der Waals surface area contributed by atoms with Gasteiger partial charge in [-0.1, -0.05) is 25.5 Å². The lowest BCUT2D eigenvalue weighted by Crippen LogP contribution is -2.09. The first kappa shape index (κ1) is 25.1. The molecule has 0 amide bonds. The molecule has 0 atom stereocenters. The minimum absolute atomic E-state index is 0.524. The molecule has 0 aliphatic carbocycles. The van der Waals surface area contributed by atoms with E-state index in [-0.39, 0.29) is 0 Å². The number of rotatable bonds is 11. The van der Waals surface area contributed by atoms with Gasteiger partial charge in [0.25, 0.3) is 0 Å². The van der Waals surface area contributed by atoms with Crippen LogP contribution in [0.4, 0.5) is 5.82 Å². The average molecular weight is 492 g/mol. The summed E-state index contributed by atoms with van der Waals surface area (Å²) < 4.78 is 23.7. The molecule has 0 saturated heterocycles. The molecule has 4 aromatic rings. The van der Waals surface area contributed by atoms with Gasteiger partial charge in [0, 0.05) is 19.2 Å². The zero-order chi connectivity index (χ0) is 25.7. The third kappa shape index (κ3) is 5.00. The van der Waals surface area contributed by atoms with Crippen LogP contribution in [0.3, 0.4) is 0 Å². The second-order valence-electron chi connectivity index (χ2n) is 8.35. The van der Waals surface area contributed by atoms with Gasteiger partial charge in [-0.15, -0.1) is 0 Å². The lowest BCUT2D eigenvalue weighted by molar-refractivity contribution is 0.324. The summed E-state index contributed by atoms with van der Waals surface area (Å²) in [5.74, 6) is 3.75. The molecule has 0 unspecified atom stereocenters. The van der Waals surface area contributed by atoms with Crippen molar-refractivity contribution in [2.45, 2.75) is 26.2 Å². The van der Waals surface area contributed by atoms with Crippen LogP contribution in [0, 0.1) is 0 Å². The number of hydrogen-bond acceptors (Lipinski definition) is 8. The van der Waals surface area contributed by atoms with Gasteiger partial charge in [0.2, 0.25) is 5.75 Å². The molecule has 9 heteroatoms. The van der Waals surface area contributed by atoms with Crippen molar-refractivity contribution in [3.05, 3.63) is 47.7 Å². The topological polar surface area (TPSA) is 92.6 Å². The minimum Gasteiger partial charge on any atom is -0.497 e. The molecule has 1 N–H and O–H groups in total. The third-order valence-corrected chi connectivity index (χ3v) is 6.03. The number of aryl methyl sites for hydroxylation is 2. The molecule has 2 aromatic heterocycles.